The van der Waals surface area contributed by atoms with E-state index < -0.39 is 5.24 Å². The van der Waals surface area contributed by atoms with Crippen molar-refractivity contribution in [2.75, 3.05) is 0 Å². The molecule has 0 atom stereocenters. The molecule has 0 saturated carbocycles. The molecule has 1 nitrogen and oxygen atoms in total. The second-order valence-electron chi connectivity index (χ2n) is 1.99. The number of hydrogen-bond acceptors (Lipinski definition) is 1. The molecule has 0 aliphatic rings. The molecular weight excluding hydrogens is 331 g/mol. The summed E-state index contributed by atoms with van der Waals surface area (Å²) in [7, 11) is 0. The molecule has 0 N–H and O–H groups in total. The molecule has 1 aromatic carbocycles. The fourth-order valence-electron chi connectivity index (χ4n) is 0.707. The number of benzene rings is 1. The Morgan fingerprint density at radius 3 is 2.33 bits per heavy atom. The molecule has 5 heteroatoms. The zero-order chi connectivity index (χ0) is 9.30. The second-order valence-corrected chi connectivity index (χ2v) is 4.39. The highest BCUT2D eigenvalue weighted by Gasteiger charge is 2.13. The molecule has 0 aliphatic heterocycles. The van der Waals surface area contributed by atoms with Crippen molar-refractivity contribution in [2.24, 2.45) is 0 Å². The zero-order valence-corrected chi connectivity index (χ0v) is 10.3. The van der Waals surface area contributed by atoms with E-state index in [4.69, 9.17) is 23.2 Å². The lowest BCUT2D eigenvalue weighted by Gasteiger charge is -2.02. The van der Waals surface area contributed by atoms with Crippen molar-refractivity contribution >= 4 is 60.3 Å². The van der Waals surface area contributed by atoms with Crippen LogP contribution < -0.4 is 0 Å². The molecule has 0 spiro atoms. The number of halogens is 4. The maximum Gasteiger partial charge on any atom is 0.254 e. The minimum atomic E-state index is -0.545. The van der Waals surface area contributed by atoms with E-state index in [2.05, 4.69) is 31.9 Å². The first kappa shape index (κ1) is 10.5. The van der Waals surface area contributed by atoms with Gasteiger partial charge in [-0.2, -0.15) is 0 Å². The highest BCUT2D eigenvalue weighted by molar-refractivity contribution is 9.11. The molecule has 0 unspecified atom stereocenters. The van der Waals surface area contributed by atoms with Crippen LogP contribution in [0.25, 0.3) is 0 Å². The van der Waals surface area contributed by atoms with Gasteiger partial charge in [-0.05, 0) is 55.6 Å². The van der Waals surface area contributed by atoms with Crippen molar-refractivity contribution in [1.29, 1.82) is 0 Å². The molecule has 0 aliphatic carbocycles. The van der Waals surface area contributed by atoms with Crippen molar-refractivity contribution in [3.8, 4) is 0 Å². The largest absolute Gasteiger partial charge is 0.276 e. The van der Waals surface area contributed by atoms with Crippen molar-refractivity contribution < 1.29 is 4.79 Å². The smallest absolute Gasteiger partial charge is 0.254 e. The molecule has 0 fully saturated rings. The number of carbonyl (C=O) groups is 1. The number of hydrogen-bond donors (Lipinski definition) is 0. The average molecular weight is 333 g/mol. The fourth-order valence-corrected chi connectivity index (χ4v) is 2.59. The van der Waals surface area contributed by atoms with E-state index in [0.717, 1.165) is 0 Å². The summed E-state index contributed by atoms with van der Waals surface area (Å²) in [6, 6.07) is 3.34. The Bertz CT molecular complexity index is 338. The van der Waals surface area contributed by atoms with Gasteiger partial charge in [-0.25, -0.2) is 0 Å². The molecular formula is C7H2Br2Cl2O. The summed E-state index contributed by atoms with van der Waals surface area (Å²) in [5, 5.41) is -0.0848. The standard InChI is InChI=1S/C7H2Br2Cl2O/c8-3-1-2-4(10)6(9)5(3)7(11)12/h1-2H. The predicted octanol–water partition coefficient (Wildman–Crippen LogP) is 4.24. The lowest BCUT2D eigenvalue weighted by molar-refractivity contribution is 0.108. The zero-order valence-electron chi connectivity index (χ0n) is 5.57. The Kier molecular flexibility index (Phi) is 3.58. The van der Waals surface area contributed by atoms with Crippen molar-refractivity contribution in [2.45, 2.75) is 0 Å². The first-order valence-electron chi connectivity index (χ1n) is 2.87. The maximum atomic E-state index is 10.9. The van der Waals surface area contributed by atoms with Crippen molar-refractivity contribution in [3.05, 3.63) is 31.7 Å². The number of rotatable bonds is 1. The van der Waals surface area contributed by atoms with Crippen LogP contribution in [0.1, 0.15) is 10.4 Å². The summed E-state index contributed by atoms with van der Waals surface area (Å²) < 4.78 is 1.14. The molecule has 0 radical (unpaired) electrons. The molecule has 0 bridgehead atoms. The summed E-state index contributed by atoms with van der Waals surface area (Å²) >= 11 is 17.4. The molecule has 0 saturated heterocycles. The van der Waals surface area contributed by atoms with E-state index in [-0.39, 0.29) is 0 Å². The fraction of sp³-hybridized carbons (Fsp3) is 0. The van der Waals surface area contributed by atoms with E-state index >= 15 is 0 Å². The Balaban J connectivity index is 3.43. The Morgan fingerprint density at radius 2 is 1.92 bits per heavy atom. The van der Waals surface area contributed by atoms with Gasteiger partial charge in [0.05, 0.1) is 10.6 Å². The van der Waals surface area contributed by atoms with Gasteiger partial charge < -0.3 is 0 Å². The normalized spacial score (nSPS) is 10.0. The summed E-state index contributed by atoms with van der Waals surface area (Å²) in [6.45, 7) is 0. The first-order valence-corrected chi connectivity index (χ1v) is 5.21. The molecule has 64 valence electrons. The highest BCUT2D eigenvalue weighted by atomic mass is 79.9. The summed E-state index contributed by atoms with van der Waals surface area (Å²) in [5.74, 6) is 0. The van der Waals surface area contributed by atoms with Crippen molar-refractivity contribution in [3.63, 3.8) is 0 Å². The van der Waals surface area contributed by atoms with Crippen LogP contribution in [-0.4, -0.2) is 5.24 Å². The second kappa shape index (κ2) is 4.09. The molecule has 0 heterocycles. The Morgan fingerprint density at radius 1 is 1.33 bits per heavy atom. The van der Waals surface area contributed by atoms with E-state index in [9.17, 15) is 4.79 Å². The van der Waals surface area contributed by atoms with Crippen LogP contribution >= 0.6 is 55.1 Å². The number of carbonyl (C=O) groups excluding carboxylic acids is 1. The minimum Gasteiger partial charge on any atom is -0.276 e. The lowest BCUT2D eigenvalue weighted by Crippen LogP contribution is -1.92. The van der Waals surface area contributed by atoms with Gasteiger partial charge in [-0.1, -0.05) is 11.6 Å². The van der Waals surface area contributed by atoms with Gasteiger partial charge in [-0.3, -0.25) is 4.79 Å². The van der Waals surface area contributed by atoms with Gasteiger partial charge in [0.15, 0.2) is 0 Å². The van der Waals surface area contributed by atoms with Crippen molar-refractivity contribution in [1.82, 2.24) is 0 Å². The van der Waals surface area contributed by atoms with Crippen LogP contribution in [0.2, 0.25) is 5.02 Å². The van der Waals surface area contributed by atoms with Crippen LogP contribution in [0.4, 0.5) is 0 Å². The van der Waals surface area contributed by atoms with Gasteiger partial charge in [0, 0.05) is 8.95 Å². The molecule has 12 heavy (non-hydrogen) atoms. The van der Waals surface area contributed by atoms with Gasteiger partial charge in [0.25, 0.3) is 5.24 Å². The topological polar surface area (TPSA) is 17.1 Å². The minimum absolute atomic E-state index is 0.351. The van der Waals surface area contributed by atoms with E-state index in [1.807, 2.05) is 0 Å². The van der Waals surface area contributed by atoms with Crippen LogP contribution in [0, 0.1) is 0 Å². The third kappa shape index (κ3) is 2.02. The quantitative estimate of drug-likeness (QED) is 0.555. The average Bonchev–Trinajstić information content (AvgIpc) is 1.97. The first-order chi connectivity index (χ1) is 5.54. The lowest BCUT2D eigenvalue weighted by atomic mass is 10.2. The highest BCUT2D eigenvalue weighted by Crippen LogP contribution is 2.32. The Hall–Kier alpha value is 0.430. The maximum absolute atomic E-state index is 10.9. The van der Waals surface area contributed by atoms with Crippen LogP contribution in [0.15, 0.2) is 21.1 Å². The van der Waals surface area contributed by atoms with Gasteiger partial charge in [0.2, 0.25) is 0 Å². The Labute approximate surface area is 96.3 Å². The van der Waals surface area contributed by atoms with Crippen LogP contribution in [0.5, 0.6) is 0 Å². The van der Waals surface area contributed by atoms with Crippen LogP contribution in [0.3, 0.4) is 0 Å². The van der Waals surface area contributed by atoms with E-state index in [0.29, 0.717) is 19.5 Å². The van der Waals surface area contributed by atoms with Gasteiger partial charge in [0.1, 0.15) is 0 Å². The SMILES string of the molecule is O=C(Cl)c1c(Br)ccc(Cl)c1Br. The molecule has 1 rings (SSSR count). The van der Waals surface area contributed by atoms with E-state index in [1.54, 1.807) is 12.1 Å². The predicted molar refractivity (Wildman–Crippen MR) is 57.0 cm³/mol. The molecule has 0 aromatic heterocycles. The van der Waals surface area contributed by atoms with Gasteiger partial charge in [-0.15, -0.1) is 0 Å². The van der Waals surface area contributed by atoms with E-state index in [1.165, 1.54) is 0 Å². The third-order valence-electron chi connectivity index (χ3n) is 1.24. The van der Waals surface area contributed by atoms with Gasteiger partial charge >= 0.3 is 0 Å². The summed E-state index contributed by atoms with van der Waals surface area (Å²) in [5.41, 5.74) is 0.351. The summed E-state index contributed by atoms with van der Waals surface area (Å²) in [6.07, 6.45) is 0. The molecule has 0 amide bonds. The third-order valence-corrected chi connectivity index (χ3v) is 3.46. The van der Waals surface area contributed by atoms with Crippen LogP contribution in [-0.2, 0) is 0 Å². The molecule has 1 aromatic rings. The summed E-state index contributed by atoms with van der Waals surface area (Å²) in [4.78, 5) is 10.9. The monoisotopic (exact) mass is 330 g/mol.